The van der Waals surface area contributed by atoms with E-state index in [-0.39, 0.29) is 12.3 Å². The summed E-state index contributed by atoms with van der Waals surface area (Å²) in [5.74, 6) is -1.38. The molecule has 3 aromatic rings. The highest BCUT2D eigenvalue weighted by Crippen LogP contribution is 2.24. The summed E-state index contributed by atoms with van der Waals surface area (Å²) in [7, 11) is 0.415. The summed E-state index contributed by atoms with van der Waals surface area (Å²) in [6.07, 6.45) is 0. The number of carbonyl (C=O) groups is 1. The molecule has 0 aliphatic carbocycles. The number of amides is 1. The lowest BCUT2D eigenvalue weighted by Crippen LogP contribution is -2.30. The Labute approximate surface area is 195 Å². The molecule has 0 spiro atoms. The molecule has 6 nitrogen and oxygen atoms in total. The van der Waals surface area contributed by atoms with Gasteiger partial charge in [0.25, 0.3) is 0 Å². The van der Waals surface area contributed by atoms with Crippen LogP contribution in [0.3, 0.4) is 0 Å². The largest absolute Gasteiger partial charge is 0.351 e. The maximum absolute atomic E-state index is 12.4. The van der Waals surface area contributed by atoms with Crippen LogP contribution >= 0.6 is 0 Å². The van der Waals surface area contributed by atoms with Crippen LogP contribution in [0.4, 0.5) is 0 Å². The summed E-state index contributed by atoms with van der Waals surface area (Å²) < 4.78 is 24.9. The lowest BCUT2D eigenvalue weighted by molar-refractivity contribution is -0.118. The third kappa shape index (κ3) is 7.28. The fourth-order valence-electron chi connectivity index (χ4n) is 3.54. The zero-order valence-corrected chi connectivity index (χ0v) is 19.6. The van der Waals surface area contributed by atoms with E-state index >= 15 is 0 Å². The Hall–Kier alpha value is -3.47. The average Bonchev–Trinajstić information content (AvgIpc) is 2.78. The summed E-state index contributed by atoms with van der Waals surface area (Å²) in [5.41, 5.74) is 5.16. The van der Waals surface area contributed by atoms with E-state index in [1.807, 2.05) is 44.4 Å². The van der Waals surface area contributed by atoms with Gasteiger partial charge in [-0.05, 0) is 54.0 Å². The molecule has 0 saturated heterocycles. The van der Waals surface area contributed by atoms with Crippen molar-refractivity contribution in [2.24, 2.45) is 0 Å². The van der Waals surface area contributed by atoms with Crippen LogP contribution in [-0.4, -0.2) is 39.1 Å². The number of nitrogens with one attached hydrogen (secondary N) is 1. The van der Waals surface area contributed by atoms with Gasteiger partial charge in [0.15, 0.2) is 9.84 Å². The maximum atomic E-state index is 12.4. The van der Waals surface area contributed by atoms with E-state index in [9.17, 15) is 13.2 Å². The van der Waals surface area contributed by atoms with Gasteiger partial charge < -0.3 is 10.2 Å². The normalized spacial score (nSPS) is 11.2. The van der Waals surface area contributed by atoms with E-state index < -0.39 is 21.5 Å². The molecule has 0 fully saturated rings. The van der Waals surface area contributed by atoms with E-state index in [4.69, 9.17) is 5.26 Å². The molecule has 0 bridgehead atoms. The molecular weight excluding hydrogens is 434 g/mol. The molecular formula is C26H27N3O3S. The molecule has 0 aliphatic heterocycles. The van der Waals surface area contributed by atoms with E-state index in [2.05, 4.69) is 34.5 Å². The van der Waals surface area contributed by atoms with Gasteiger partial charge in [0, 0.05) is 13.1 Å². The van der Waals surface area contributed by atoms with Gasteiger partial charge in [-0.2, -0.15) is 5.26 Å². The van der Waals surface area contributed by atoms with Gasteiger partial charge in [0.05, 0.1) is 17.4 Å². The molecule has 7 heteroatoms. The monoisotopic (exact) mass is 461 g/mol. The predicted octanol–water partition coefficient (Wildman–Crippen LogP) is 3.52. The molecule has 3 aromatic carbocycles. The fraction of sp³-hybridized carbons (Fsp3) is 0.231. The van der Waals surface area contributed by atoms with Gasteiger partial charge in [0.1, 0.15) is 5.75 Å². The summed E-state index contributed by atoms with van der Waals surface area (Å²) in [6.45, 7) is 1.09. The highest BCUT2D eigenvalue weighted by atomic mass is 32.2. The molecule has 0 unspecified atom stereocenters. The van der Waals surface area contributed by atoms with Crippen molar-refractivity contribution in [3.8, 4) is 17.2 Å². The molecule has 0 atom stereocenters. The van der Waals surface area contributed by atoms with Gasteiger partial charge >= 0.3 is 0 Å². The van der Waals surface area contributed by atoms with Crippen molar-refractivity contribution in [2.75, 3.05) is 19.8 Å². The molecule has 3 rings (SSSR count). The first-order valence-corrected chi connectivity index (χ1v) is 12.4. The minimum absolute atomic E-state index is 0.237. The van der Waals surface area contributed by atoms with Crippen molar-refractivity contribution in [1.82, 2.24) is 10.2 Å². The summed E-state index contributed by atoms with van der Waals surface area (Å²) >= 11 is 0. The van der Waals surface area contributed by atoms with Gasteiger partial charge in [-0.15, -0.1) is 0 Å². The van der Waals surface area contributed by atoms with Crippen molar-refractivity contribution in [3.05, 3.63) is 95.1 Å². The number of nitrogens with zero attached hydrogens (tertiary/aromatic N) is 2. The highest BCUT2D eigenvalue weighted by Gasteiger charge is 2.18. The predicted molar refractivity (Wildman–Crippen MR) is 130 cm³/mol. The van der Waals surface area contributed by atoms with Crippen molar-refractivity contribution < 1.29 is 13.2 Å². The van der Waals surface area contributed by atoms with Crippen molar-refractivity contribution in [2.45, 2.75) is 18.8 Å². The zero-order chi connectivity index (χ0) is 23.8. The van der Waals surface area contributed by atoms with Crippen LogP contribution in [0.25, 0.3) is 11.1 Å². The molecule has 0 saturated carbocycles. The van der Waals surface area contributed by atoms with Gasteiger partial charge in [-0.1, -0.05) is 60.7 Å². The average molecular weight is 462 g/mol. The Morgan fingerprint density at radius 1 is 0.939 bits per heavy atom. The maximum Gasteiger partial charge on any atom is 0.235 e. The van der Waals surface area contributed by atoms with Gasteiger partial charge in [0.2, 0.25) is 5.91 Å². The number of sulfone groups is 1. The summed E-state index contributed by atoms with van der Waals surface area (Å²) in [4.78, 5) is 14.5. The fourth-order valence-corrected chi connectivity index (χ4v) is 4.84. The number of rotatable bonds is 9. The Kier molecular flexibility index (Phi) is 7.99. The van der Waals surface area contributed by atoms with Gasteiger partial charge in [-0.3, -0.25) is 4.79 Å². The van der Waals surface area contributed by atoms with Gasteiger partial charge in [-0.25, -0.2) is 8.42 Å². The second-order valence-corrected chi connectivity index (χ2v) is 10.3. The third-order valence-corrected chi connectivity index (χ3v) is 6.55. The molecule has 0 aromatic heterocycles. The topological polar surface area (TPSA) is 90.3 Å². The van der Waals surface area contributed by atoms with Crippen LogP contribution in [0, 0.1) is 11.3 Å². The summed E-state index contributed by atoms with van der Waals surface area (Å²) in [5, 5.41) is 11.6. The smallest absolute Gasteiger partial charge is 0.235 e. The van der Waals surface area contributed by atoms with Crippen LogP contribution in [0.2, 0.25) is 0 Å². The number of hydrogen-bond acceptors (Lipinski definition) is 5. The SMILES string of the molecule is CN(C)Cc1ccc(-c2ccccc2CNC(=O)CS(=O)(=O)Cc2ccc(C#N)cc2)cc1. The molecule has 0 heterocycles. The van der Waals surface area contributed by atoms with Crippen molar-refractivity contribution >= 4 is 15.7 Å². The van der Waals surface area contributed by atoms with E-state index in [1.54, 1.807) is 24.3 Å². The van der Waals surface area contributed by atoms with Crippen LogP contribution in [-0.2, 0) is 33.5 Å². The molecule has 1 N–H and O–H groups in total. The zero-order valence-electron chi connectivity index (χ0n) is 18.8. The molecule has 170 valence electrons. The van der Waals surface area contributed by atoms with Crippen molar-refractivity contribution in [3.63, 3.8) is 0 Å². The quantitative estimate of drug-likeness (QED) is 0.527. The summed E-state index contributed by atoms with van der Waals surface area (Å²) in [6, 6.07) is 24.3. The molecule has 33 heavy (non-hydrogen) atoms. The van der Waals surface area contributed by atoms with Crippen LogP contribution in [0.5, 0.6) is 0 Å². The molecule has 1 amide bonds. The Morgan fingerprint density at radius 3 is 2.21 bits per heavy atom. The van der Waals surface area contributed by atoms with Crippen LogP contribution < -0.4 is 5.32 Å². The lowest BCUT2D eigenvalue weighted by atomic mass is 9.98. The number of hydrogen-bond donors (Lipinski definition) is 1. The van der Waals surface area contributed by atoms with E-state index in [1.165, 1.54) is 5.56 Å². The van der Waals surface area contributed by atoms with Crippen molar-refractivity contribution in [1.29, 1.82) is 5.26 Å². The van der Waals surface area contributed by atoms with Crippen LogP contribution in [0.15, 0.2) is 72.8 Å². The minimum Gasteiger partial charge on any atom is -0.351 e. The Morgan fingerprint density at radius 2 is 1.58 bits per heavy atom. The highest BCUT2D eigenvalue weighted by molar-refractivity contribution is 7.91. The Bertz CT molecular complexity index is 1240. The third-order valence-electron chi connectivity index (χ3n) is 5.08. The Balaban J connectivity index is 1.62. The minimum atomic E-state index is -3.63. The number of carbonyl (C=O) groups excluding carboxylic acids is 1. The first-order chi connectivity index (χ1) is 15.8. The second kappa shape index (κ2) is 10.9. The molecule has 0 radical (unpaired) electrons. The standard InChI is InChI=1S/C26H27N3O3S/c1-29(2)17-21-11-13-23(14-12-21)25-6-4-3-5-24(25)16-28-26(30)19-33(31,32)18-22-9-7-20(15-27)8-10-22/h3-14H,16-19H2,1-2H3,(H,28,30). The van der Waals surface area contributed by atoms with E-state index in [0.717, 1.165) is 23.2 Å². The second-order valence-electron chi connectivity index (χ2n) is 8.21. The first kappa shape index (κ1) is 24.2. The lowest BCUT2D eigenvalue weighted by Gasteiger charge is -2.13. The van der Waals surface area contributed by atoms with Crippen LogP contribution in [0.1, 0.15) is 22.3 Å². The first-order valence-electron chi connectivity index (χ1n) is 10.5. The number of benzene rings is 3. The number of nitriles is 1. The van der Waals surface area contributed by atoms with E-state index in [0.29, 0.717) is 11.1 Å². The molecule has 0 aliphatic rings.